The Hall–Kier alpha value is -2.28. The van der Waals surface area contributed by atoms with Crippen LogP contribution in [0.5, 0.6) is 0 Å². The van der Waals surface area contributed by atoms with Crippen molar-refractivity contribution in [2.45, 2.75) is 32.0 Å². The summed E-state index contributed by atoms with van der Waals surface area (Å²) in [6.07, 6.45) is 0.691. The molecule has 0 aromatic heterocycles. The lowest BCUT2D eigenvalue weighted by atomic mass is 9.99. The first kappa shape index (κ1) is 19.1. The number of fused-ring (bicyclic) bond motifs is 1. The highest BCUT2D eigenvalue weighted by atomic mass is 19.1. The zero-order chi connectivity index (χ0) is 19.3. The molecule has 2 aliphatic rings. The molecule has 1 saturated heterocycles. The molecule has 0 spiro atoms. The van der Waals surface area contributed by atoms with Crippen LogP contribution in [0.25, 0.3) is 0 Å². The highest BCUT2D eigenvalue weighted by Crippen LogP contribution is 2.25. The fraction of sp³-hybridized carbons (Fsp3) is 0.409. The number of carbonyl (C=O) groups is 1. The molecule has 148 valence electrons. The quantitative estimate of drug-likeness (QED) is 0.834. The van der Waals surface area contributed by atoms with E-state index in [1.165, 1.54) is 5.56 Å². The highest BCUT2D eigenvalue weighted by Gasteiger charge is 2.24. The predicted octanol–water partition coefficient (Wildman–Crippen LogP) is 2.70. The predicted molar refractivity (Wildman–Crippen MR) is 107 cm³/mol. The normalized spacial score (nSPS) is 19.8. The van der Waals surface area contributed by atoms with Crippen molar-refractivity contribution in [3.05, 3.63) is 65.0 Å². The molecule has 2 aromatic carbocycles. The van der Waals surface area contributed by atoms with Gasteiger partial charge in [-0.3, -0.25) is 9.69 Å². The lowest BCUT2D eigenvalue weighted by molar-refractivity contribution is -0.121. The van der Waals surface area contributed by atoms with Gasteiger partial charge in [-0.05, 0) is 35.7 Å². The van der Waals surface area contributed by atoms with Gasteiger partial charge in [-0.1, -0.05) is 36.4 Å². The summed E-state index contributed by atoms with van der Waals surface area (Å²) in [4.78, 5) is 14.8. The van der Waals surface area contributed by atoms with Gasteiger partial charge in [0.2, 0.25) is 5.91 Å². The van der Waals surface area contributed by atoms with Gasteiger partial charge >= 0.3 is 0 Å². The van der Waals surface area contributed by atoms with E-state index in [1.54, 1.807) is 6.07 Å². The molecule has 1 unspecified atom stereocenters. The maximum absolute atomic E-state index is 14.7. The van der Waals surface area contributed by atoms with Gasteiger partial charge in [0.25, 0.3) is 0 Å². The molecule has 0 saturated carbocycles. The number of morpholine rings is 1. The fourth-order valence-corrected chi connectivity index (χ4v) is 3.93. The minimum atomic E-state index is -0.303. The number of hydrogen-bond donors (Lipinski definition) is 2. The Bertz CT molecular complexity index is 828. The number of ether oxygens (including phenoxy) is 1. The highest BCUT2D eigenvalue weighted by molar-refractivity contribution is 5.91. The maximum atomic E-state index is 14.7. The van der Waals surface area contributed by atoms with E-state index < -0.39 is 0 Å². The molecule has 1 atom stereocenters. The minimum absolute atomic E-state index is 0.178. The molecule has 2 aliphatic heterocycles. The van der Waals surface area contributed by atoms with Gasteiger partial charge in [-0.25, -0.2) is 4.39 Å². The monoisotopic (exact) mass is 383 g/mol. The van der Waals surface area contributed by atoms with Crippen molar-refractivity contribution in [1.29, 1.82) is 0 Å². The molecule has 2 aromatic rings. The Kier molecular flexibility index (Phi) is 6.00. The summed E-state index contributed by atoms with van der Waals surface area (Å²) in [7, 11) is 0. The average Bonchev–Trinajstić information content (AvgIpc) is 2.71. The molecule has 1 amide bonds. The van der Waals surface area contributed by atoms with Crippen LogP contribution in [0.2, 0.25) is 0 Å². The molecule has 6 heteroatoms. The van der Waals surface area contributed by atoms with Crippen LogP contribution in [-0.2, 0) is 29.0 Å². The van der Waals surface area contributed by atoms with E-state index >= 15 is 0 Å². The second kappa shape index (κ2) is 8.82. The first-order valence-electron chi connectivity index (χ1n) is 9.88. The SMILES string of the molecule is O=C(CC1CN(Cc2ccccc2)CCO1)Nc1ccc2c(c1F)CCNC2. The third kappa shape index (κ3) is 4.58. The summed E-state index contributed by atoms with van der Waals surface area (Å²) < 4.78 is 20.5. The van der Waals surface area contributed by atoms with Crippen LogP contribution in [0.15, 0.2) is 42.5 Å². The number of halogens is 1. The van der Waals surface area contributed by atoms with Crippen molar-refractivity contribution < 1.29 is 13.9 Å². The Morgan fingerprint density at radius 1 is 1.25 bits per heavy atom. The third-order valence-electron chi connectivity index (χ3n) is 5.37. The van der Waals surface area contributed by atoms with Crippen LogP contribution in [0.4, 0.5) is 10.1 Å². The van der Waals surface area contributed by atoms with E-state index in [-0.39, 0.29) is 29.9 Å². The minimum Gasteiger partial charge on any atom is -0.375 e. The van der Waals surface area contributed by atoms with Gasteiger partial charge in [0.15, 0.2) is 0 Å². The second-order valence-electron chi connectivity index (χ2n) is 7.46. The van der Waals surface area contributed by atoms with E-state index in [0.717, 1.165) is 25.2 Å². The molecular weight excluding hydrogens is 357 g/mol. The number of rotatable bonds is 5. The van der Waals surface area contributed by atoms with E-state index in [0.29, 0.717) is 31.7 Å². The lowest BCUT2D eigenvalue weighted by Crippen LogP contribution is -2.43. The largest absolute Gasteiger partial charge is 0.375 e. The molecule has 4 rings (SSSR count). The number of amides is 1. The Balaban J connectivity index is 1.33. The molecular formula is C22H26FN3O2. The smallest absolute Gasteiger partial charge is 0.227 e. The standard InChI is InChI=1S/C22H26FN3O2/c23-22-19-8-9-24-13-17(19)6-7-20(22)25-21(27)12-18-15-26(10-11-28-18)14-16-4-2-1-3-5-16/h1-7,18,24H,8-15H2,(H,25,27). The molecule has 0 aliphatic carbocycles. The van der Waals surface area contributed by atoms with E-state index in [4.69, 9.17) is 4.74 Å². The lowest BCUT2D eigenvalue weighted by Gasteiger charge is -2.32. The number of benzene rings is 2. The average molecular weight is 383 g/mol. The summed E-state index contributed by atoms with van der Waals surface area (Å²) in [5, 5.41) is 5.97. The number of hydrogen-bond acceptors (Lipinski definition) is 4. The van der Waals surface area contributed by atoms with Crippen molar-refractivity contribution in [2.75, 3.05) is 31.6 Å². The number of carbonyl (C=O) groups excluding carboxylic acids is 1. The second-order valence-corrected chi connectivity index (χ2v) is 7.46. The summed E-state index contributed by atoms with van der Waals surface area (Å²) in [5.74, 6) is -0.512. The van der Waals surface area contributed by atoms with Crippen LogP contribution in [-0.4, -0.2) is 43.2 Å². The van der Waals surface area contributed by atoms with Crippen LogP contribution in [0.3, 0.4) is 0 Å². The van der Waals surface area contributed by atoms with Gasteiger partial charge in [0.05, 0.1) is 24.8 Å². The van der Waals surface area contributed by atoms with Crippen LogP contribution in [0.1, 0.15) is 23.1 Å². The van der Waals surface area contributed by atoms with Gasteiger partial charge in [0, 0.05) is 26.2 Å². The van der Waals surface area contributed by atoms with E-state index in [9.17, 15) is 9.18 Å². The Labute approximate surface area is 164 Å². The van der Waals surface area contributed by atoms with Gasteiger partial charge < -0.3 is 15.4 Å². The van der Waals surface area contributed by atoms with Crippen LogP contribution >= 0.6 is 0 Å². The summed E-state index contributed by atoms with van der Waals surface area (Å²) >= 11 is 0. The summed E-state index contributed by atoms with van der Waals surface area (Å²) in [6, 6.07) is 13.8. The zero-order valence-electron chi connectivity index (χ0n) is 15.9. The van der Waals surface area contributed by atoms with Crippen LogP contribution < -0.4 is 10.6 Å². The van der Waals surface area contributed by atoms with Gasteiger partial charge in [-0.2, -0.15) is 0 Å². The number of anilines is 1. The third-order valence-corrected chi connectivity index (χ3v) is 5.37. The topological polar surface area (TPSA) is 53.6 Å². The summed E-state index contributed by atoms with van der Waals surface area (Å²) in [6.45, 7) is 4.42. The summed E-state index contributed by atoms with van der Waals surface area (Å²) in [5.41, 5.74) is 3.19. The van der Waals surface area contributed by atoms with Crippen molar-refractivity contribution in [2.24, 2.45) is 0 Å². The molecule has 2 heterocycles. The maximum Gasteiger partial charge on any atom is 0.227 e. The first-order chi connectivity index (χ1) is 13.7. The number of nitrogens with one attached hydrogen (secondary N) is 2. The first-order valence-corrected chi connectivity index (χ1v) is 9.88. The van der Waals surface area contributed by atoms with E-state index in [2.05, 4.69) is 27.7 Å². The molecule has 0 radical (unpaired) electrons. The zero-order valence-corrected chi connectivity index (χ0v) is 15.9. The van der Waals surface area contributed by atoms with Crippen molar-refractivity contribution >= 4 is 11.6 Å². The van der Waals surface area contributed by atoms with Crippen molar-refractivity contribution in [3.8, 4) is 0 Å². The fourth-order valence-electron chi connectivity index (χ4n) is 3.93. The van der Waals surface area contributed by atoms with Gasteiger partial charge in [-0.15, -0.1) is 0 Å². The molecule has 1 fully saturated rings. The van der Waals surface area contributed by atoms with E-state index in [1.807, 2.05) is 24.3 Å². The molecule has 0 bridgehead atoms. The van der Waals surface area contributed by atoms with Crippen LogP contribution in [0, 0.1) is 5.82 Å². The molecule has 28 heavy (non-hydrogen) atoms. The molecule has 5 nitrogen and oxygen atoms in total. The Morgan fingerprint density at radius 3 is 2.96 bits per heavy atom. The van der Waals surface area contributed by atoms with Crippen molar-refractivity contribution in [1.82, 2.24) is 10.2 Å². The molecule has 2 N–H and O–H groups in total. The van der Waals surface area contributed by atoms with Gasteiger partial charge in [0.1, 0.15) is 5.82 Å². The number of nitrogens with zero attached hydrogens (tertiary/aromatic N) is 1. The Morgan fingerprint density at radius 2 is 2.11 bits per heavy atom. The van der Waals surface area contributed by atoms with Crippen molar-refractivity contribution in [3.63, 3.8) is 0 Å².